The molecular weight excluding hydrogens is 284 g/mol. The van der Waals surface area contributed by atoms with E-state index in [0.29, 0.717) is 17.8 Å². The van der Waals surface area contributed by atoms with Crippen LogP contribution in [0.1, 0.15) is 16.8 Å². The highest BCUT2D eigenvalue weighted by atomic mass is 32.1. The molecule has 1 aliphatic heterocycles. The predicted molar refractivity (Wildman–Crippen MR) is 85.7 cm³/mol. The van der Waals surface area contributed by atoms with E-state index in [-0.39, 0.29) is 5.91 Å². The van der Waals surface area contributed by atoms with Gasteiger partial charge in [-0.3, -0.25) is 4.79 Å². The Morgan fingerprint density at radius 1 is 1.24 bits per heavy atom. The maximum absolute atomic E-state index is 12.5. The Hall–Kier alpha value is -2.08. The molecule has 1 saturated heterocycles. The van der Waals surface area contributed by atoms with Crippen molar-refractivity contribution in [2.75, 3.05) is 36.8 Å². The Labute approximate surface area is 128 Å². The monoisotopic (exact) mass is 302 g/mol. The highest BCUT2D eigenvalue weighted by molar-refractivity contribution is 7.13. The van der Waals surface area contributed by atoms with Crippen LogP contribution in [0.2, 0.25) is 0 Å². The quantitative estimate of drug-likeness (QED) is 0.863. The van der Waals surface area contributed by atoms with Crippen LogP contribution in [0.15, 0.2) is 35.8 Å². The molecule has 2 N–H and O–H groups in total. The summed E-state index contributed by atoms with van der Waals surface area (Å²) in [5, 5.41) is 3.02. The molecule has 0 aliphatic carbocycles. The van der Waals surface area contributed by atoms with Gasteiger partial charge < -0.3 is 15.5 Å². The van der Waals surface area contributed by atoms with Gasteiger partial charge in [0.2, 0.25) is 0 Å². The summed E-state index contributed by atoms with van der Waals surface area (Å²) in [4.78, 5) is 21.0. The molecule has 1 aromatic carbocycles. The van der Waals surface area contributed by atoms with Crippen molar-refractivity contribution in [1.82, 2.24) is 9.88 Å². The van der Waals surface area contributed by atoms with Gasteiger partial charge >= 0.3 is 0 Å². The average molecular weight is 302 g/mol. The highest BCUT2D eigenvalue weighted by Gasteiger charge is 2.21. The molecule has 0 radical (unpaired) electrons. The maximum Gasteiger partial charge on any atom is 0.253 e. The fourth-order valence-corrected chi connectivity index (χ4v) is 3.23. The zero-order valence-corrected chi connectivity index (χ0v) is 12.6. The number of thiazole rings is 1. The largest absolute Gasteiger partial charge is 0.399 e. The Morgan fingerprint density at radius 2 is 2.14 bits per heavy atom. The third-order valence-corrected chi connectivity index (χ3v) is 4.44. The van der Waals surface area contributed by atoms with Crippen LogP contribution in [-0.2, 0) is 0 Å². The molecular formula is C15H18N4OS. The topological polar surface area (TPSA) is 62.5 Å². The first-order valence-corrected chi connectivity index (χ1v) is 7.91. The summed E-state index contributed by atoms with van der Waals surface area (Å²) >= 11 is 1.64. The lowest BCUT2D eigenvalue weighted by Gasteiger charge is -2.21. The summed E-state index contributed by atoms with van der Waals surface area (Å²) < 4.78 is 0. The van der Waals surface area contributed by atoms with Crippen LogP contribution in [0.4, 0.5) is 10.8 Å². The summed E-state index contributed by atoms with van der Waals surface area (Å²) in [6.45, 7) is 3.25. The van der Waals surface area contributed by atoms with Gasteiger partial charge in [-0.25, -0.2) is 4.98 Å². The minimum Gasteiger partial charge on any atom is -0.399 e. The smallest absolute Gasteiger partial charge is 0.253 e. The first-order chi connectivity index (χ1) is 10.2. The maximum atomic E-state index is 12.5. The number of carbonyl (C=O) groups excluding carboxylic acids is 1. The second kappa shape index (κ2) is 6.13. The Bertz CT molecular complexity index is 614. The molecule has 2 heterocycles. The zero-order valence-electron chi connectivity index (χ0n) is 11.7. The number of amides is 1. The number of nitrogen functional groups attached to an aromatic ring is 1. The van der Waals surface area contributed by atoms with Crippen LogP contribution in [0.3, 0.4) is 0 Å². The molecule has 1 amide bonds. The molecule has 6 heteroatoms. The lowest BCUT2D eigenvalue weighted by Crippen LogP contribution is -2.35. The van der Waals surface area contributed by atoms with Gasteiger partial charge in [0.05, 0.1) is 0 Å². The molecule has 3 rings (SSSR count). The average Bonchev–Trinajstić information content (AvgIpc) is 2.91. The number of nitrogens with zero attached hydrogens (tertiary/aromatic N) is 3. The number of aromatic nitrogens is 1. The van der Waals surface area contributed by atoms with Gasteiger partial charge in [0.15, 0.2) is 5.13 Å². The Balaban J connectivity index is 1.69. The van der Waals surface area contributed by atoms with E-state index >= 15 is 0 Å². The molecule has 2 aromatic rings. The molecule has 1 fully saturated rings. The number of carbonyl (C=O) groups is 1. The van der Waals surface area contributed by atoms with Crippen LogP contribution < -0.4 is 10.6 Å². The van der Waals surface area contributed by atoms with Crippen molar-refractivity contribution in [1.29, 1.82) is 0 Å². The third kappa shape index (κ3) is 3.16. The van der Waals surface area contributed by atoms with E-state index in [0.717, 1.165) is 31.2 Å². The van der Waals surface area contributed by atoms with Gasteiger partial charge in [-0.1, -0.05) is 6.07 Å². The Kier molecular flexibility index (Phi) is 4.06. The van der Waals surface area contributed by atoms with Crippen molar-refractivity contribution in [2.24, 2.45) is 0 Å². The van der Waals surface area contributed by atoms with E-state index in [1.54, 1.807) is 23.5 Å². The van der Waals surface area contributed by atoms with Gasteiger partial charge in [0.1, 0.15) is 0 Å². The van der Waals surface area contributed by atoms with Crippen molar-refractivity contribution in [2.45, 2.75) is 6.42 Å². The number of rotatable bonds is 2. The van der Waals surface area contributed by atoms with Crippen molar-refractivity contribution >= 4 is 28.1 Å². The van der Waals surface area contributed by atoms with Gasteiger partial charge in [-0.2, -0.15) is 0 Å². The summed E-state index contributed by atoms with van der Waals surface area (Å²) in [6, 6.07) is 7.18. The van der Waals surface area contributed by atoms with Crippen LogP contribution >= 0.6 is 11.3 Å². The molecule has 0 bridgehead atoms. The first-order valence-electron chi connectivity index (χ1n) is 7.03. The van der Waals surface area contributed by atoms with Crippen molar-refractivity contribution < 1.29 is 4.79 Å². The second-order valence-corrected chi connectivity index (χ2v) is 5.95. The van der Waals surface area contributed by atoms with Crippen molar-refractivity contribution in [3.8, 4) is 0 Å². The highest BCUT2D eigenvalue weighted by Crippen LogP contribution is 2.20. The fraction of sp³-hybridized carbons (Fsp3) is 0.333. The molecule has 1 aliphatic rings. The van der Waals surface area contributed by atoms with E-state index in [4.69, 9.17) is 5.73 Å². The van der Waals surface area contributed by atoms with E-state index in [9.17, 15) is 4.79 Å². The van der Waals surface area contributed by atoms with Crippen molar-refractivity contribution in [3.63, 3.8) is 0 Å². The third-order valence-electron chi connectivity index (χ3n) is 3.61. The molecule has 5 nitrogen and oxygen atoms in total. The second-order valence-electron chi connectivity index (χ2n) is 5.07. The minimum absolute atomic E-state index is 0.0586. The van der Waals surface area contributed by atoms with E-state index in [1.807, 2.05) is 28.6 Å². The summed E-state index contributed by atoms with van der Waals surface area (Å²) in [5.41, 5.74) is 7.05. The van der Waals surface area contributed by atoms with Gasteiger partial charge in [-0.15, -0.1) is 11.3 Å². The van der Waals surface area contributed by atoms with Crippen LogP contribution in [0.25, 0.3) is 0 Å². The SMILES string of the molecule is Nc1cccc(C(=O)N2CCCN(c3nccs3)CC2)c1. The summed E-state index contributed by atoms with van der Waals surface area (Å²) in [6.07, 6.45) is 2.77. The Morgan fingerprint density at radius 3 is 2.90 bits per heavy atom. The lowest BCUT2D eigenvalue weighted by atomic mass is 10.1. The number of benzene rings is 1. The first kappa shape index (κ1) is 13.9. The number of anilines is 2. The van der Waals surface area contributed by atoms with Crippen molar-refractivity contribution in [3.05, 3.63) is 41.4 Å². The number of hydrogen-bond donors (Lipinski definition) is 1. The summed E-state index contributed by atoms with van der Waals surface area (Å²) in [7, 11) is 0. The van der Waals surface area contributed by atoms with Crippen LogP contribution in [0.5, 0.6) is 0 Å². The summed E-state index contributed by atoms with van der Waals surface area (Å²) in [5.74, 6) is 0.0586. The van der Waals surface area contributed by atoms with E-state index < -0.39 is 0 Å². The molecule has 110 valence electrons. The van der Waals surface area contributed by atoms with Crippen LogP contribution in [0, 0.1) is 0 Å². The van der Waals surface area contributed by atoms with E-state index in [2.05, 4.69) is 9.88 Å². The zero-order chi connectivity index (χ0) is 14.7. The lowest BCUT2D eigenvalue weighted by molar-refractivity contribution is 0.0767. The van der Waals surface area contributed by atoms with Gasteiger partial charge in [0.25, 0.3) is 5.91 Å². The molecule has 0 atom stereocenters. The predicted octanol–water partition coefficient (Wildman–Crippen LogP) is 2.08. The fourth-order valence-electron chi connectivity index (χ4n) is 2.54. The number of hydrogen-bond acceptors (Lipinski definition) is 5. The van der Waals surface area contributed by atoms with Crippen LogP contribution in [-0.4, -0.2) is 42.0 Å². The van der Waals surface area contributed by atoms with Gasteiger partial charge in [-0.05, 0) is 24.6 Å². The molecule has 0 spiro atoms. The normalized spacial score (nSPS) is 15.8. The van der Waals surface area contributed by atoms with E-state index in [1.165, 1.54) is 0 Å². The molecule has 1 aromatic heterocycles. The standard InChI is InChI=1S/C15H18N4OS/c16-13-4-1-3-12(11-13)14(20)18-6-2-7-19(9-8-18)15-17-5-10-21-15/h1,3-5,10-11H,2,6-9,16H2. The molecule has 0 unspecified atom stereocenters. The molecule has 0 saturated carbocycles. The molecule has 21 heavy (non-hydrogen) atoms. The van der Waals surface area contributed by atoms with Gasteiger partial charge in [0, 0.05) is 49.0 Å². The minimum atomic E-state index is 0.0586. The number of nitrogens with two attached hydrogens (primary N) is 1.